The van der Waals surface area contributed by atoms with Crippen molar-refractivity contribution in [1.29, 1.82) is 5.26 Å². The first-order valence-corrected chi connectivity index (χ1v) is 6.55. The summed E-state index contributed by atoms with van der Waals surface area (Å²) < 4.78 is 2.04. The number of carboxylic acid groups (broad SMARTS) is 1. The van der Waals surface area contributed by atoms with Crippen molar-refractivity contribution in [3.05, 3.63) is 58.4 Å². The Labute approximate surface area is 123 Å². The number of carbonyl (C=O) groups is 1. The van der Waals surface area contributed by atoms with Crippen LogP contribution in [0.1, 0.15) is 22.5 Å². The van der Waals surface area contributed by atoms with Crippen LogP contribution in [0.3, 0.4) is 0 Å². The van der Waals surface area contributed by atoms with Crippen molar-refractivity contribution in [2.75, 3.05) is 0 Å². The lowest BCUT2D eigenvalue weighted by Gasteiger charge is -2.09. The van der Waals surface area contributed by atoms with Crippen LogP contribution >= 0.6 is 0 Å². The van der Waals surface area contributed by atoms with Crippen LogP contribution in [0.25, 0.3) is 11.8 Å². The predicted octanol–water partition coefficient (Wildman–Crippen LogP) is 3.39. The summed E-state index contributed by atoms with van der Waals surface area (Å²) in [4.78, 5) is 10.9. The van der Waals surface area contributed by atoms with E-state index in [9.17, 15) is 4.79 Å². The Morgan fingerprint density at radius 2 is 1.86 bits per heavy atom. The van der Waals surface area contributed by atoms with E-state index in [0.29, 0.717) is 0 Å². The molecule has 4 heteroatoms. The summed E-state index contributed by atoms with van der Waals surface area (Å²) in [6.07, 6.45) is 1.41. The largest absolute Gasteiger partial charge is 0.477 e. The van der Waals surface area contributed by atoms with Gasteiger partial charge in [-0.2, -0.15) is 5.26 Å². The Bertz CT molecular complexity index is 759. The molecule has 4 nitrogen and oxygen atoms in total. The molecule has 1 aromatic heterocycles. The topological polar surface area (TPSA) is 66.0 Å². The second-order valence-electron chi connectivity index (χ2n) is 4.97. The van der Waals surface area contributed by atoms with E-state index in [4.69, 9.17) is 10.4 Å². The first-order valence-electron chi connectivity index (χ1n) is 6.55. The minimum absolute atomic E-state index is 0.265. The molecule has 0 unspecified atom stereocenters. The molecule has 0 saturated heterocycles. The Morgan fingerprint density at radius 1 is 1.24 bits per heavy atom. The summed E-state index contributed by atoms with van der Waals surface area (Å²) >= 11 is 0. The molecule has 1 heterocycles. The van der Waals surface area contributed by atoms with Gasteiger partial charge in [-0.05, 0) is 50.6 Å². The number of hydrogen-bond donors (Lipinski definition) is 1. The number of aromatic nitrogens is 1. The smallest absolute Gasteiger partial charge is 0.346 e. The highest BCUT2D eigenvalue weighted by Crippen LogP contribution is 2.23. The number of hydrogen-bond acceptors (Lipinski definition) is 2. The van der Waals surface area contributed by atoms with E-state index in [0.717, 1.165) is 22.6 Å². The predicted molar refractivity (Wildman–Crippen MR) is 81.2 cm³/mol. The van der Waals surface area contributed by atoms with Gasteiger partial charge in [0.1, 0.15) is 11.6 Å². The minimum atomic E-state index is -1.21. The lowest BCUT2D eigenvalue weighted by Crippen LogP contribution is -2.00. The average molecular weight is 280 g/mol. The zero-order chi connectivity index (χ0) is 15.6. The second-order valence-corrected chi connectivity index (χ2v) is 4.97. The average Bonchev–Trinajstić information content (AvgIpc) is 2.71. The Kier molecular flexibility index (Phi) is 3.95. The van der Waals surface area contributed by atoms with Crippen molar-refractivity contribution in [1.82, 2.24) is 4.57 Å². The highest BCUT2D eigenvalue weighted by molar-refractivity contribution is 5.96. The highest BCUT2D eigenvalue weighted by Gasteiger charge is 2.12. The van der Waals surface area contributed by atoms with Gasteiger partial charge < -0.3 is 9.67 Å². The standard InChI is InChI=1S/C17H16N2O2/c1-11-4-6-16(7-5-11)19-12(2)8-14(13(19)3)9-15(10-18)17(20)21/h4-9H,1-3H3,(H,20,21). The normalized spacial score (nSPS) is 11.2. The van der Waals surface area contributed by atoms with Gasteiger partial charge in [0.05, 0.1) is 0 Å². The van der Waals surface area contributed by atoms with Gasteiger partial charge in [0.15, 0.2) is 0 Å². The van der Waals surface area contributed by atoms with E-state index >= 15 is 0 Å². The van der Waals surface area contributed by atoms with Crippen molar-refractivity contribution in [3.63, 3.8) is 0 Å². The molecule has 0 bridgehead atoms. The van der Waals surface area contributed by atoms with Gasteiger partial charge in [-0.15, -0.1) is 0 Å². The van der Waals surface area contributed by atoms with Gasteiger partial charge >= 0.3 is 5.97 Å². The minimum Gasteiger partial charge on any atom is -0.477 e. The van der Waals surface area contributed by atoms with Gasteiger partial charge in [0.2, 0.25) is 0 Å². The van der Waals surface area contributed by atoms with E-state index in [1.807, 2.05) is 55.7 Å². The molecule has 1 N–H and O–H groups in total. The maximum Gasteiger partial charge on any atom is 0.346 e. The van der Waals surface area contributed by atoms with Crippen molar-refractivity contribution < 1.29 is 9.90 Å². The molecule has 0 aliphatic carbocycles. The molecule has 106 valence electrons. The van der Waals surface area contributed by atoms with Crippen molar-refractivity contribution in [2.45, 2.75) is 20.8 Å². The van der Waals surface area contributed by atoms with Gasteiger partial charge in [-0.3, -0.25) is 0 Å². The fourth-order valence-corrected chi connectivity index (χ4v) is 2.32. The summed E-state index contributed by atoms with van der Waals surface area (Å²) in [5.41, 5.74) is 4.57. The molecule has 0 aliphatic rings. The Balaban J connectivity index is 2.55. The van der Waals surface area contributed by atoms with Crippen LogP contribution in [-0.4, -0.2) is 15.6 Å². The quantitative estimate of drug-likeness (QED) is 0.692. The number of rotatable bonds is 3. The molecule has 2 aromatic rings. The summed E-state index contributed by atoms with van der Waals surface area (Å²) in [7, 11) is 0. The Hall–Kier alpha value is -2.80. The maximum absolute atomic E-state index is 10.9. The van der Waals surface area contributed by atoms with Gasteiger partial charge in [0, 0.05) is 17.1 Å². The van der Waals surface area contributed by atoms with Crippen LogP contribution in [0.2, 0.25) is 0 Å². The molecule has 1 aromatic carbocycles. The maximum atomic E-state index is 10.9. The molecule has 21 heavy (non-hydrogen) atoms. The van der Waals surface area contributed by atoms with Crippen LogP contribution in [0.4, 0.5) is 0 Å². The second kappa shape index (κ2) is 5.68. The van der Waals surface area contributed by atoms with Crippen LogP contribution < -0.4 is 0 Å². The molecular weight excluding hydrogens is 264 g/mol. The van der Waals surface area contributed by atoms with E-state index in [-0.39, 0.29) is 5.57 Å². The third-order valence-corrected chi connectivity index (χ3v) is 3.41. The number of aliphatic carboxylic acids is 1. The van der Waals surface area contributed by atoms with Crippen molar-refractivity contribution in [3.8, 4) is 11.8 Å². The summed E-state index contributed by atoms with van der Waals surface area (Å²) in [5.74, 6) is -1.21. The zero-order valence-electron chi connectivity index (χ0n) is 12.2. The monoisotopic (exact) mass is 280 g/mol. The van der Waals surface area contributed by atoms with Crippen molar-refractivity contribution >= 4 is 12.0 Å². The molecule has 0 atom stereocenters. The summed E-state index contributed by atoms with van der Waals surface area (Å²) in [6, 6.07) is 11.7. The first kappa shape index (κ1) is 14.6. The molecule has 0 saturated carbocycles. The molecule has 0 aliphatic heterocycles. The molecular formula is C17H16N2O2. The number of aryl methyl sites for hydroxylation is 2. The van der Waals surface area contributed by atoms with E-state index < -0.39 is 5.97 Å². The lowest BCUT2D eigenvalue weighted by atomic mass is 10.1. The third-order valence-electron chi connectivity index (χ3n) is 3.41. The van der Waals surface area contributed by atoms with E-state index in [1.54, 1.807) is 6.07 Å². The van der Waals surface area contributed by atoms with Crippen LogP contribution in [-0.2, 0) is 4.79 Å². The first-order chi connectivity index (χ1) is 9.93. The SMILES string of the molecule is Cc1ccc(-n2c(C)cc(C=C(C#N)C(=O)O)c2C)cc1. The fourth-order valence-electron chi connectivity index (χ4n) is 2.32. The van der Waals surface area contributed by atoms with E-state index in [1.165, 1.54) is 11.6 Å². The highest BCUT2D eigenvalue weighted by atomic mass is 16.4. The molecule has 0 fully saturated rings. The third kappa shape index (κ3) is 2.87. The molecule has 2 rings (SSSR count). The van der Waals surface area contributed by atoms with Crippen LogP contribution in [0.5, 0.6) is 0 Å². The van der Waals surface area contributed by atoms with Crippen molar-refractivity contribution in [2.24, 2.45) is 0 Å². The van der Waals surface area contributed by atoms with Crippen LogP contribution in [0.15, 0.2) is 35.9 Å². The summed E-state index contributed by atoms with van der Waals surface area (Å²) in [5, 5.41) is 17.8. The number of nitrogens with zero attached hydrogens (tertiary/aromatic N) is 2. The van der Waals surface area contributed by atoms with Gasteiger partial charge in [0.25, 0.3) is 0 Å². The van der Waals surface area contributed by atoms with Crippen LogP contribution in [0, 0.1) is 32.1 Å². The summed E-state index contributed by atoms with van der Waals surface area (Å²) in [6.45, 7) is 5.89. The number of benzene rings is 1. The molecule has 0 spiro atoms. The molecule has 0 amide bonds. The van der Waals surface area contributed by atoms with Gasteiger partial charge in [-0.25, -0.2) is 4.79 Å². The fraction of sp³-hybridized carbons (Fsp3) is 0.176. The Morgan fingerprint density at radius 3 is 2.38 bits per heavy atom. The zero-order valence-corrected chi connectivity index (χ0v) is 12.2. The molecule has 0 radical (unpaired) electrons. The number of carboxylic acids is 1. The lowest BCUT2D eigenvalue weighted by molar-refractivity contribution is -0.132. The van der Waals surface area contributed by atoms with Gasteiger partial charge in [-0.1, -0.05) is 17.7 Å². The van der Waals surface area contributed by atoms with E-state index in [2.05, 4.69) is 0 Å². The number of nitriles is 1.